The van der Waals surface area contributed by atoms with Gasteiger partial charge in [-0.1, -0.05) is 0 Å². The van der Waals surface area contributed by atoms with Gasteiger partial charge in [0.15, 0.2) is 0 Å². The molecule has 0 aliphatic carbocycles. The van der Waals surface area contributed by atoms with Gasteiger partial charge < -0.3 is 16.2 Å². The van der Waals surface area contributed by atoms with Crippen molar-refractivity contribution < 1.29 is 19.1 Å². The number of hydrogen-bond donors (Lipinski definition) is 4. The number of piperidine rings is 1. The maximum absolute atomic E-state index is 12.9. The van der Waals surface area contributed by atoms with Crippen molar-refractivity contribution in [2.75, 3.05) is 18.9 Å². The zero-order valence-electron chi connectivity index (χ0n) is 15.4. The Balaban J connectivity index is 1.75. The van der Waals surface area contributed by atoms with Crippen LogP contribution < -0.4 is 11.5 Å². The minimum atomic E-state index is -0.896. The molecule has 1 aromatic carbocycles. The summed E-state index contributed by atoms with van der Waals surface area (Å²) in [6.07, 6.45) is 0.499. The average molecular weight is 386 g/mol. The van der Waals surface area contributed by atoms with Crippen LogP contribution in [0.3, 0.4) is 0 Å². The third-order valence-corrected chi connectivity index (χ3v) is 4.76. The molecule has 1 fully saturated rings. The summed E-state index contributed by atoms with van der Waals surface area (Å²) in [5.74, 6) is -1.51. The first-order valence-corrected chi connectivity index (χ1v) is 8.85. The number of amidine groups is 2. The van der Waals surface area contributed by atoms with Gasteiger partial charge in [0, 0.05) is 17.7 Å². The van der Waals surface area contributed by atoms with E-state index in [1.807, 2.05) is 0 Å². The number of rotatable bonds is 5. The maximum Gasteiger partial charge on any atom is 0.322 e. The average Bonchev–Trinajstić information content (AvgIpc) is 2.88. The predicted molar refractivity (Wildman–Crippen MR) is 101 cm³/mol. The number of fused-ring (bicyclic) bond motifs is 1. The molecule has 1 unspecified atom stereocenters. The molecule has 2 atom stereocenters. The fraction of sp³-hybridized carbons (Fsp3) is 0.389. The van der Waals surface area contributed by atoms with E-state index in [-0.39, 0.29) is 37.7 Å². The Kier molecular flexibility index (Phi) is 5.14. The molecule has 0 bridgehead atoms. The Hall–Kier alpha value is -3.27. The summed E-state index contributed by atoms with van der Waals surface area (Å²) in [7, 11) is 0. The lowest BCUT2D eigenvalue weighted by atomic mass is 10.0. The number of nitrogen functional groups attached to an aromatic ring is 1. The van der Waals surface area contributed by atoms with Gasteiger partial charge in [0.1, 0.15) is 30.4 Å². The number of nitrogens with one attached hydrogen (secondary N) is 2. The van der Waals surface area contributed by atoms with Crippen LogP contribution >= 0.6 is 0 Å². The molecule has 1 aromatic rings. The summed E-state index contributed by atoms with van der Waals surface area (Å²) in [5.41, 5.74) is 12.3. The first kappa shape index (κ1) is 19.5. The lowest BCUT2D eigenvalue weighted by molar-refractivity contribution is -0.146. The number of anilines is 1. The number of carbonyl (C=O) groups is 3. The number of nitrogens with zero attached hydrogens (tertiary/aromatic N) is 2. The highest BCUT2D eigenvalue weighted by molar-refractivity contribution is 6.24. The normalized spacial score (nSPS) is 20.4. The molecule has 28 heavy (non-hydrogen) atoms. The topological polar surface area (TPSA) is 167 Å². The highest BCUT2D eigenvalue weighted by Crippen LogP contribution is 2.30. The molecule has 0 spiro atoms. The van der Waals surface area contributed by atoms with Crippen LogP contribution in [-0.2, 0) is 14.3 Å². The van der Waals surface area contributed by atoms with Crippen LogP contribution in [0.1, 0.15) is 35.7 Å². The van der Waals surface area contributed by atoms with Crippen LogP contribution in [0.25, 0.3) is 0 Å². The number of esters is 1. The van der Waals surface area contributed by atoms with Gasteiger partial charge in [-0.05, 0) is 31.5 Å². The van der Waals surface area contributed by atoms with Crippen molar-refractivity contribution >= 4 is 35.1 Å². The quantitative estimate of drug-likeness (QED) is 0.407. The second-order valence-corrected chi connectivity index (χ2v) is 6.78. The molecule has 2 aliphatic rings. The van der Waals surface area contributed by atoms with Crippen molar-refractivity contribution in [3.63, 3.8) is 0 Å². The third-order valence-electron chi connectivity index (χ3n) is 4.76. The van der Waals surface area contributed by atoms with E-state index in [4.69, 9.17) is 27.0 Å². The monoisotopic (exact) mass is 386 g/mol. The predicted octanol–water partition coefficient (Wildman–Crippen LogP) is -0.0914. The molecule has 1 saturated heterocycles. The molecule has 6 N–H and O–H groups in total. The van der Waals surface area contributed by atoms with Crippen LogP contribution in [0.4, 0.5) is 5.69 Å². The van der Waals surface area contributed by atoms with Crippen molar-refractivity contribution in [2.45, 2.75) is 31.8 Å². The molecule has 2 heterocycles. The number of hydrogen-bond acceptors (Lipinski definition) is 8. The van der Waals surface area contributed by atoms with Gasteiger partial charge in [-0.15, -0.1) is 0 Å². The van der Waals surface area contributed by atoms with Crippen LogP contribution in [0, 0.1) is 10.8 Å². The second-order valence-electron chi connectivity index (χ2n) is 6.78. The van der Waals surface area contributed by atoms with E-state index < -0.39 is 29.9 Å². The van der Waals surface area contributed by atoms with E-state index in [0.29, 0.717) is 16.8 Å². The Morgan fingerprint density at radius 2 is 2.04 bits per heavy atom. The summed E-state index contributed by atoms with van der Waals surface area (Å²) >= 11 is 0. The maximum atomic E-state index is 12.9. The number of carbonyl (C=O) groups excluding carboxylic acids is 3. The zero-order chi connectivity index (χ0) is 20.6. The van der Waals surface area contributed by atoms with E-state index in [0.717, 1.165) is 4.90 Å². The van der Waals surface area contributed by atoms with Gasteiger partial charge in [0.25, 0.3) is 11.8 Å². The van der Waals surface area contributed by atoms with E-state index in [2.05, 4.69) is 0 Å². The summed E-state index contributed by atoms with van der Waals surface area (Å²) in [5, 5.41) is 16.4. The van der Waals surface area contributed by atoms with E-state index in [1.165, 1.54) is 17.9 Å². The van der Waals surface area contributed by atoms with Crippen LogP contribution in [0.15, 0.2) is 18.2 Å². The minimum absolute atomic E-state index is 0.0120. The first-order valence-electron chi connectivity index (χ1n) is 8.85. The van der Waals surface area contributed by atoms with Gasteiger partial charge in [-0.2, -0.15) is 0 Å². The first-order chi connectivity index (χ1) is 13.2. The van der Waals surface area contributed by atoms with Crippen molar-refractivity contribution in [3.8, 4) is 0 Å². The van der Waals surface area contributed by atoms with Crippen molar-refractivity contribution in [1.82, 2.24) is 9.80 Å². The van der Waals surface area contributed by atoms with Crippen LogP contribution in [0.2, 0.25) is 0 Å². The van der Waals surface area contributed by atoms with Crippen molar-refractivity contribution in [1.29, 1.82) is 10.8 Å². The summed E-state index contributed by atoms with van der Waals surface area (Å²) in [6.45, 7) is 1.37. The summed E-state index contributed by atoms with van der Waals surface area (Å²) in [4.78, 5) is 39.5. The molecular weight excluding hydrogens is 364 g/mol. The molecule has 10 heteroatoms. The largest absolute Gasteiger partial charge is 0.463 e. The highest BCUT2D eigenvalue weighted by Gasteiger charge is 2.44. The minimum Gasteiger partial charge on any atom is -0.463 e. The lowest BCUT2D eigenvalue weighted by Gasteiger charge is -2.36. The number of ether oxygens (including phenoxy) is 1. The number of benzene rings is 1. The fourth-order valence-corrected chi connectivity index (χ4v) is 3.30. The standard InChI is InChI=1S/C18H22N6O4/c1-9(19)18(27)28-7-6-23-14(21)5-4-13(17(23)26)24-15(22)12-8-10(20)2-3-11(12)16(24)25/h2-3,8-9,13,21-22H,4-7,19-20H2,1H3/t9-,13?/m0/s1. The molecule has 2 amide bonds. The molecule has 0 aromatic heterocycles. The lowest BCUT2D eigenvalue weighted by Crippen LogP contribution is -2.56. The Morgan fingerprint density at radius 1 is 1.32 bits per heavy atom. The number of nitrogens with two attached hydrogens (primary N) is 2. The SMILES string of the molecule is C[C@H](N)C(=O)OCCN1C(=N)CCC(N2C(=N)c3cc(N)ccc3C2=O)C1=O. The summed E-state index contributed by atoms with van der Waals surface area (Å²) in [6, 6.07) is 2.98. The van der Waals surface area contributed by atoms with Gasteiger partial charge in [0.05, 0.1) is 12.1 Å². The Bertz CT molecular complexity index is 881. The molecule has 2 aliphatic heterocycles. The number of amides is 2. The van der Waals surface area contributed by atoms with Crippen molar-refractivity contribution in [2.24, 2.45) is 5.73 Å². The third kappa shape index (κ3) is 3.33. The molecule has 10 nitrogen and oxygen atoms in total. The molecular formula is C18H22N6O4. The van der Waals surface area contributed by atoms with Gasteiger partial charge in [-0.3, -0.25) is 35.0 Å². The van der Waals surface area contributed by atoms with Crippen LogP contribution in [-0.4, -0.2) is 64.5 Å². The van der Waals surface area contributed by atoms with Crippen molar-refractivity contribution in [3.05, 3.63) is 29.3 Å². The van der Waals surface area contributed by atoms with E-state index in [1.54, 1.807) is 12.1 Å². The summed E-state index contributed by atoms with van der Waals surface area (Å²) < 4.78 is 4.98. The highest BCUT2D eigenvalue weighted by atomic mass is 16.5. The van der Waals surface area contributed by atoms with E-state index >= 15 is 0 Å². The molecule has 148 valence electrons. The molecule has 0 radical (unpaired) electrons. The van der Waals surface area contributed by atoms with Gasteiger partial charge in [-0.25, -0.2) is 0 Å². The van der Waals surface area contributed by atoms with Gasteiger partial charge in [0.2, 0.25) is 0 Å². The van der Waals surface area contributed by atoms with E-state index in [9.17, 15) is 14.4 Å². The van der Waals surface area contributed by atoms with Crippen LogP contribution in [0.5, 0.6) is 0 Å². The Morgan fingerprint density at radius 3 is 2.71 bits per heavy atom. The molecule has 0 saturated carbocycles. The number of likely N-dealkylation sites (tertiary alicyclic amines) is 1. The Labute approximate surface area is 161 Å². The van der Waals surface area contributed by atoms with Gasteiger partial charge >= 0.3 is 5.97 Å². The fourth-order valence-electron chi connectivity index (χ4n) is 3.30. The molecule has 3 rings (SSSR count). The second kappa shape index (κ2) is 7.39. The zero-order valence-corrected chi connectivity index (χ0v) is 15.4. The smallest absolute Gasteiger partial charge is 0.322 e.